The van der Waals surface area contributed by atoms with E-state index in [9.17, 15) is 0 Å². The number of rotatable bonds is 6. The number of ether oxygens (including phenoxy) is 1. The van der Waals surface area contributed by atoms with Gasteiger partial charge in [0, 0.05) is 30.5 Å². The van der Waals surface area contributed by atoms with Crippen LogP contribution in [0.15, 0.2) is 56.7 Å². The molecule has 0 fully saturated rings. The topological polar surface area (TPSA) is 94.8 Å². The molecule has 1 aromatic heterocycles. The predicted octanol–water partition coefficient (Wildman–Crippen LogP) is 3.01. The molecule has 0 bridgehead atoms. The van der Waals surface area contributed by atoms with Crippen LogP contribution in [0.25, 0.3) is 0 Å². The number of pyridine rings is 1. The third-order valence-corrected chi connectivity index (χ3v) is 2.97. The lowest BCUT2D eigenvalue weighted by Crippen LogP contribution is -2.29. The fraction of sp³-hybridized carbons (Fsp3) is 0.231. The molecule has 0 aromatic carbocycles. The van der Waals surface area contributed by atoms with Crippen LogP contribution in [-0.2, 0) is 4.74 Å². The molecule has 1 aliphatic heterocycles. The van der Waals surface area contributed by atoms with Gasteiger partial charge in [0.15, 0.2) is 0 Å². The summed E-state index contributed by atoms with van der Waals surface area (Å²) in [5, 5.41) is 9.44. The van der Waals surface area contributed by atoms with Gasteiger partial charge in [-0.1, -0.05) is 0 Å². The van der Waals surface area contributed by atoms with Crippen molar-refractivity contribution in [2.75, 3.05) is 11.9 Å². The summed E-state index contributed by atoms with van der Waals surface area (Å²) < 4.78 is 6.23. The number of nitrogens with zero attached hydrogens (tertiary/aromatic N) is 3. The molecule has 2 rings (SSSR count). The smallest absolute Gasteiger partial charge is 0.225 e. The first kappa shape index (κ1) is 15.3. The molecule has 0 radical (unpaired) electrons. The molecule has 7 nitrogen and oxygen atoms in total. The molecule has 1 aliphatic rings. The molecule has 0 saturated carbocycles. The minimum Gasteiger partial charge on any atom is -0.360 e. The number of allylic oxidation sites excluding steroid dienone is 1. The van der Waals surface area contributed by atoms with Crippen molar-refractivity contribution in [3.05, 3.63) is 46.6 Å². The van der Waals surface area contributed by atoms with E-state index in [-0.39, 0.29) is 6.61 Å². The van der Waals surface area contributed by atoms with Gasteiger partial charge in [-0.3, -0.25) is 0 Å². The van der Waals surface area contributed by atoms with E-state index in [1.807, 2.05) is 25.3 Å². The van der Waals surface area contributed by atoms with Gasteiger partial charge in [-0.15, -0.1) is 0 Å². The van der Waals surface area contributed by atoms with Crippen molar-refractivity contribution >= 4 is 27.8 Å². The van der Waals surface area contributed by atoms with Gasteiger partial charge in [0.2, 0.25) is 6.35 Å². The van der Waals surface area contributed by atoms with E-state index in [2.05, 4.69) is 41.7 Å². The van der Waals surface area contributed by atoms with E-state index in [0.29, 0.717) is 5.70 Å². The van der Waals surface area contributed by atoms with Crippen molar-refractivity contribution in [2.45, 2.75) is 13.3 Å². The van der Waals surface area contributed by atoms with Crippen LogP contribution in [0.2, 0.25) is 0 Å². The Morgan fingerprint density at radius 2 is 2.52 bits per heavy atom. The zero-order chi connectivity index (χ0) is 15.1. The van der Waals surface area contributed by atoms with E-state index < -0.39 is 6.35 Å². The quantitative estimate of drug-likeness (QED) is 0.542. The molecular weight excluding hydrogens is 336 g/mol. The summed E-state index contributed by atoms with van der Waals surface area (Å²) in [6, 6.07) is 3.63. The van der Waals surface area contributed by atoms with Crippen molar-refractivity contribution in [3.63, 3.8) is 0 Å². The van der Waals surface area contributed by atoms with E-state index in [4.69, 9.17) is 10.3 Å². The molecule has 1 unspecified atom stereocenters. The molecule has 0 saturated heterocycles. The van der Waals surface area contributed by atoms with Crippen LogP contribution in [-0.4, -0.2) is 24.2 Å². The monoisotopic (exact) mass is 350 g/mol. The number of aromatic nitrogens is 1. The zero-order valence-corrected chi connectivity index (χ0v) is 13.0. The Morgan fingerprint density at radius 3 is 3.19 bits per heavy atom. The van der Waals surface area contributed by atoms with Gasteiger partial charge in [0.25, 0.3) is 0 Å². The van der Waals surface area contributed by atoms with Crippen LogP contribution in [0.4, 0.5) is 5.69 Å². The Morgan fingerprint density at radius 1 is 1.67 bits per heavy atom. The molecule has 2 heterocycles. The van der Waals surface area contributed by atoms with E-state index >= 15 is 0 Å². The molecule has 1 atom stereocenters. The molecule has 3 N–H and O–H groups in total. The average Bonchev–Trinajstić information content (AvgIpc) is 2.49. The summed E-state index contributed by atoms with van der Waals surface area (Å²) in [5.41, 5.74) is 9.48. The van der Waals surface area contributed by atoms with Crippen LogP contribution in [0.5, 0.6) is 0 Å². The van der Waals surface area contributed by atoms with Crippen molar-refractivity contribution in [2.24, 2.45) is 10.1 Å². The summed E-state index contributed by atoms with van der Waals surface area (Å²) in [6.45, 7) is 2.11. The highest BCUT2D eigenvalue weighted by atomic mass is 79.9. The molecule has 21 heavy (non-hydrogen) atoms. The standard InChI is InChI=1S/C13H15BrN6O/c1-9-5-18-13(19-6-9)21-8-11(20-15)7-17-10-2-3-16-12(14)4-10/h2-7,13,15,18H,8H2,1H3,(H,16,17)/b11-7-,20-15?. The summed E-state index contributed by atoms with van der Waals surface area (Å²) in [4.78, 5) is 8.19. The van der Waals surface area contributed by atoms with Gasteiger partial charge >= 0.3 is 0 Å². The average molecular weight is 351 g/mol. The lowest BCUT2D eigenvalue weighted by molar-refractivity contribution is 0.0599. The van der Waals surface area contributed by atoms with Crippen LogP contribution in [0.3, 0.4) is 0 Å². The highest BCUT2D eigenvalue weighted by Crippen LogP contribution is 2.13. The van der Waals surface area contributed by atoms with Crippen molar-refractivity contribution in [1.82, 2.24) is 10.3 Å². The van der Waals surface area contributed by atoms with Gasteiger partial charge in [-0.25, -0.2) is 15.5 Å². The van der Waals surface area contributed by atoms with Gasteiger partial charge in [0.1, 0.15) is 10.3 Å². The largest absolute Gasteiger partial charge is 0.360 e. The summed E-state index contributed by atoms with van der Waals surface area (Å²) in [7, 11) is 0. The normalized spacial score (nSPS) is 17.9. The third-order valence-electron chi connectivity index (χ3n) is 2.53. The Bertz CT molecular complexity index is 598. The van der Waals surface area contributed by atoms with E-state index in [0.717, 1.165) is 15.9 Å². The maximum absolute atomic E-state index is 7.16. The number of hydrogen-bond donors (Lipinski definition) is 3. The highest BCUT2D eigenvalue weighted by Gasteiger charge is 2.08. The van der Waals surface area contributed by atoms with Gasteiger partial charge in [0.05, 0.1) is 6.61 Å². The Kier molecular flexibility index (Phi) is 5.59. The highest BCUT2D eigenvalue weighted by molar-refractivity contribution is 9.10. The summed E-state index contributed by atoms with van der Waals surface area (Å²) in [6.07, 6.45) is 6.39. The number of nitrogens with one attached hydrogen (secondary N) is 3. The van der Waals surface area contributed by atoms with Gasteiger partial charge < -0.3 is 15.4 Å². The van der Waals surface area contributed by atoms with Crippen LogP contribution in [0.1, 0.15) is 6.92 Å². The second-order valence-corrected chi connectivity index (χ2v) is 5.07. The molecule has 1 aromatic rings. The maximum atomic E-state index is 7.16. The number of halogens is 1. The lowest BCUT2D eigenvalue weighted by Gasteiger charge is -2.17. The van der Waals surface area contributed by atoms with Crippen LogP contribution >= 0.6 is 15.9 Å². The Hall–Kier alpha value is -2.06. The number of hydrogen-bond acceptors (Lipinski definition) is 7. The molecule has 0 amide bonds. The molecule has 8 heteroatoms. The second kappa shape index (κ2) is 7.65. The summed E-state index contributed by atoms with van der Waals surface area (Å²) in [5.74, 6) is 0. The first-order valence-corrected chi connectivity index (χ1v) is 6.99. The predicted molar refractivity (Wildman–Crippen MR) is 83.9 cm³/mol. The summed E-state index contributed by atoms with van der Waals surface area (Å²) >= 11 is 3.29. The minimum absolute atomic E-state index is 0.171. The Balaban J connectivity index is 1.86. The van der Waals surface area contributed by atoms with Crippen molar-refractivity contribution < 1.29 is 4.74 Å². The molecule has 0 spiro atoms. The van der Waals surface area contributed by atoms with Crippen LogP contribution < -0.4 is 10.6 Å². The molecular formula is C13H15BrN6O. The van der Waals surface area contributed by atoms with E-state index in [1.165, 1.54) is 0 Å². The van der Waals surface area contributed by atoms with E-state index in [1.54, 1.807) is 18.6 Å². The SMILES string of the molecule is CC1=CNC(OC/C(=C/Nc2ccnc(Br)c2)N=N)N=C1. The minimum atomic E-state index is -0.450. The van der Waals surface area contributed by atoms with Gasteiger partial charge in [-0.05, 0) is 40.6 Å². The number of aliphatic imine (C=N–C) groups is 1. The lowest BCUT2D eigenvalue weighted by atomic mass is 10.3. The van der Waals surface area contributed by atoms with Crippen molar-refractivity contribution in [1.29, 1.82) is 5.53 Å². The fourth-order valence-corrected chi connectivity index (χ4v) is 1.85. The van der Waals surface area contributed by atoms with Crippen molar-refractivity contribution in [3.8, 4) is 0 Å². The fourth-order valence-electron chi connectivity index (χ4n) is 1.49. The molecule has 0 aliphatic carbocycles. The third kappa shape index (κ3) is 5.09. The Labute approximate surface area is 130 Å². The maximum Gasteiger partial charge on any atom is 0.225 e. The van der Waals surface area contributed by atoms with Crippen LogP contribution in [0, 0.1) is 5.53 Å². The molecule has 110 valence electrons. The first-order valence-electron chi connectivity index (χ1n) is 6.19. The second-order valence-electron chi connectivity index (χ2n) is 4.26. The zero-order valence-electron chi connectivity index (χ0n) is 11.4. The number of anilines is 1. The first-order chi connectivity index (χ1) is 10.2. The van der Waals surface area contributed by atoms with Gasteiger partial charge in [-0.2, -0.15) is 5.11 Å².